The summed E-state index contributed by atoms with van der Waals surface area (Å²) in [6.07, 6.45) is -3.63. The molecule has 1 unspecified atom stereocenters. The first-order valence-electron chi connectivity index (χ1n) is 1.73. The van der Waals surface area contributed by atoms with E-state index in [-0.39, 0.29) is 0 Å². The molecule has 0 aliphatic rings. The van der Waals surface area contributed by atoms with Crippen LogP contribution in [0.25, 0.3) is 0 Å². The van der Waals surface area contributed by atoms with Crippen LogP contribution in [-0.4, -0.2) is 18.7 Å². The van der Waals surface area contributed by atoms with Crippen molar-refractivity contribution in [2.75, 3.05) is 7.11 Å². The number of hydrogen-bond acceptors (Lipinski definition) is 2. The highest BCUT2D eigenvalue weighted by molar-refractivity contribution is 7.40. The molecular formula is C3H5F2O2P. The van der Waals surface area contributed by atoms with E-state index in [1.165, 1.54) is 9.24 Å². The molecule has 8 heavy (non-hydrogen) atoms. The normalized spacial score (nSPS) is 11.5. The third-order valence-corrected chi connectivity index (χ3v) is 0.879. The van der Waals surface area contributed by atoms with E-state index in [9.17, 15) is 13.6 Å². The first-order valence-corrected chi connectivity index (χ1v) is 2.31. The molecule has 0 aromatic rings. The second-order valence-corrected chi connectivity index (χ2v) is 1.61. The fourth-order valence-electron chi connectivity index (χ4n) is 0.101. The number of rotatable bonds is 2. The molecule has 2 nitrogen and oxygen atoms in total. The number of ether oxygens (including phenoxy) is 1. The van der Waals surface area contributed by atoms with Gasteiger partial charge >= 0.3 is 6.11 Å². The predicted octanol–water partition coefficient (Wildman–Crippen LogP) is 0.627. The minimum absolute atomic E-state index is 0.766. The summed E-state index contributed by atoms with van der Waals surface area (Å²) in [6, 6.07) is 0. The molecule has 0 saturated heterocycles. The molecule has 0 amide bonds. The summed E-state index contributed by atoms with van der Waals surface area (Å²) in [7, 11) is 2.10. The lowest BCUT2D eigenvalue weighted by Crippen LogP contribution is -2.25. The molecule has 0 aliphatic carbocycles. The van der Waals surface area contributed by atoms with Crippen molar-refractivity contribution in [3.8, 4) is 0 Å². The van der Waals surface area contributed by atoms with Gasteiger partial charge in [0.1, 0.15) is 0 Å². The predicted molar refractivity (Wildman–Crippen MR) is 26.7 cm³/mol. The average Bonchev–Trinajstić information content (AvgIpc) is 1.67. The molecule has 0 heterocycles. The number of methoxy groups -OCH3 is 1. The zero-order valence-electron chi connectivity index (χ0n) is 4.15. The van der Waals surface area contributed by atoms with E-state index < -0.39 is 11.6 Å². The van der Waals surface area contributed by atoms with Crippen LogP contribution in [0, 0.1) is 0 Å². The highest BCUT2D eigenvalue weighted by Crippen LogP contribution is 2.17. The van der Waals surface area contributed by atoms with Crippen molar-refractivity contribution in [2.24, 2.45) is 0 Å². The fourth-order valence-corrected chi connectivity index (χ4v) is 0.218. The Balaban J connectivity index is 3.91. The van der Waals surface area contributed by atoms with Crippen molar-refractivity contribution < 1.29 is 18.3 Å². The summed E-state index contributed by atoms with van der Waals surface area (Å²) >= 11 is 0. The van der Waals surface area contributed by atoms with Crippen LogP contribution in [-0.2, 0) is 9.53 Å². The summed E-state index contributed by atoms with van der Waals surface area (Å²) in [5, 5.41) is 0. The molecule has 0 fully saturated rings. The van der Waals surface area contributed by atoms with Crippen molar-refractivity contribution in [2.45, 2.75) is 6.11 Å². The monoisotopic (exact) mass is 142 g/mol. The quantitative estimate of drug-likeness (QED) is 0.528. The highest BCUT2D eigenvalue weighted by Gasteiger charge is 2.34. The van der Waals surface area contributed by atoms with E-state index in [1.54, 1.807) is 0 Å². The van der Waals surface area contributed by atoms with Gasteiger partial charge in [-0.05, 0) is 0 Å². The topological polar surface area (TPSA) is 26.3 Å². The summed E-state index contributed by atoms with van der Waals surface area (Å²) in [4.78, 5) is 9.78. The van der Waals surface area contributed by atoms with E-state index in [0.29, 0.717) is 0 Å². The number of halogens is 2. The second-order valence-electron chi connectivity index (χ2n) is 1.09. The Morgan fingerprint density at radius 3 is 2.12 bits per heavy atom. The molecular weight excluding hydrogens is 137 g/mol. The molecule has 0 spiro atoms. The van der Waals surface area contributed by atoms with Crippen LogP contribution in [0.3, 0.4) is 0 Å². The standard InChI is InChI=1S/C3H5F2O2P/c1-7-3(4,5)2(6)8/h8H2,1H3. The SMILES string of the molecule is COC(F)(F)C(=O)P. The van der Waals surface area contributed by atoms with Crippen molar-refractivity contribution in [3.63, 3.8) is 0 Å². The molecule has 0 aliphatic heterocycles. The Hall–Kier alpha value is -0.0800. The van der Waals surface area contributed by atoms with Gasteiger partial charge in [-0.15, -0.1) is 0 Å². The molecule has 0 bridgehead atoms. The van der Waals surface area contributed by atoms with Gasteiger partial charge in [-0.1, -0.05) is 9.24 Å². The van der Waals surface area contributed by atoms with Crippen LogP contribution in [0.15, 0.2) is 0 Å². The summed E-state index contributed by atoms with van der Waals surface area (Å²) in [5.41, 5.74) is -1.36. The molecule has 0 radical (unpaired) electrons. The maximum atomic E-state index is 11.7. The molecule has 0 N–H and O–H groups in total. The average molecular weight is 142 g/mol. The van der Waals surface area contributed by atoms with Crippen LogP contribution in [0.1, 0.15) is 0 Å². The first kappa shape index (κ1) is 7.92. The largest absolute Gasteiger partial charge is 0.419 e. The van der Waals surface area contributed by atoms with Crippen LogP contribution in [0.5, 0.6) is 0 Å². The number of alkyl halides is 2. The minimum Gasteiger partial charge on any atom is -0.317 e. The Labute approximate surface area is 47.4 Å². The lowest BCUT2D eigenvalue weighted by atomic mass is 10.7. The first-order chi connectivity index (χ1) is 3.50. The van der Waals surface area contributed by atoms with Crippen molar-refractivity contribution in [1.29, 1.82) is 0 Å². The van der Waals surface area contributed by atoms with Crippen molar-refractivity contribution in [3.05, 3.63) is 0 Å². The van der Waals surface area contributed by atoms with Gasteiger partial charge in [-0.25, -0.2) is 0 Å². The third kappa shape index (κ3) is 1.80. The number of carbonyl (C=O) groups excluding carboxylic acids is 1. The van der Waals surface area contributed by atoms with Crippen LogP contribution < -0.4 is 0 Å². The molecule has 48 valence electrons. The lowest BCUT2D eigenvalue weighted by molar-refractivity contribution is -0.208. The van der Waals surface area contributed by atoms with Gasteiger partial charge in [0.15, 0.2) is 0 Å². The zero-order valence-corrected chi connectivity index (χ0v) is 5.30. The molecule has 1 atom stereocenters. The van der Waals surface area contributed by atoms with Crippen LogP contribution >= 0.6 is 9.24 Å². The minimum atomic E-state index is -3.63. The van der Waals surface area contributed by atoms with Gasteiger partial charge in [0.2, 0.25) is 5.52 Å². The maximum Gasteiger partial charge on any atom is 0.419 e. The van der Waals surface area contributed by atoms with Crippen molar-refractivity contribution >= 4 is 14.8 Å². The van der Waals surface area contributed by atoms with E-state index in [1.807, 2.05) is 0 Å². The van der Waals surface area contributed by atoms with E-state index in [4.69, 9.17) is 0 Å². The molecule has 5 heteroatoms. The summed E-state index contributed by atoms with van der Waals surface area (Å²) < 4.78 is 26.9. The van der Waals surface area contributed by atoms with E-state index >= 15 is 0 Å². The van der Waals surface area contributed by atoms with E-state index in [2.05, 4.69) is 4.74 Å². The van der Waals surface area contributed by atoms with Gasteiger partial charge in [0, 0.05) is 7.11 Å². The van der Waals surface area contributed by atoms with Gasteiger partial charge in [0.05, 0.1) is 0 Å². The number of carbonyl (C=O) groups is 1. The van der Waals surface area contributed by atoms with Crippen LogP contribution in [0.2, 0.25) is 0 Å². The number of hydrogen-bond donors (Lipinski definition) is 0. The fraction of sp³-hybridized carbons (Fsp3) is 0.667. The zero-order chi connectivity index (χ0) is 6.78. The maximum absolute atomic E-state index is 11.7. The third-order valence-electron chi connectivity index (χ3n) is 0.543. The lowest BCUT2D eigenvalue weighted by Gasteiger charge is -2.07. The smallest absolute Gasteiger partial charge is 0.317 e. The Kier molecular flexibility index (Phi) is 2.44. The van der Waals surface area contributed by atoms with Crippen LogP contribution in [0.4, 0.5) is 8.78 Å². The summed E-state index contributed by atoms with van der Waals surface area (Å²) in [5.74, 6) is 0. The molecule has 0 saturated carbocycles. The van der Waals surface area contributed by atoms with Gasteiger partial charge in [-0.3, -0.25) is 4.79 Å². The van der Waals surface area contributed by atoms with Crippen molar-refractivity contribution in [1.82, 2.24) is 0 Å². The molecule has 0 rings (SSSR count). The Morgan fingerprint density at radius 2 is 2.12 bits per heavy atom. The van der Waals surface area contributed by atoms with Gasteiger partial charge in [-0.2, -0.15) is 8.78 Å². The van der Waals surface area contributed by atoms with Gasteiger partial charge in [0.25, 0.3) is 0 Å². The van der Waals surface area contributed by atoms with E-state index in [0.717, 1.165) is 7.11 Å². The molecule has 0 aromatic heterocycles. The van der Waals surface area contributed by atoms with Gasteiger partial charge < -0.3 is 4.74 Å². The Bertz CT molecular complexity index is 103. The highest BCUT2D eigenvalue weighted by atomic mass is 31.0. The molecule has 0 aromatic carbocycles. The second kappa shape index (κ2) is 2.46. The summed E-state index contributed by atoms with van der Waals surface area (Å²) in [6.45, 7) is 0. The Morgan fingerprint density at radius 1 is 1.75 bits per heavy atom.